The zero-order valence-corrected chi connectivity index (χ0v) is 22.7. The number of amides is 1. The molecule has 4 rings (SSSR count). The summed E-state index contributed by atoms with van der Waals surface area (Å²) in [5, 5.41) is 1.43. The van der Waals surface area contributed by atoms with Crippen molar-refractivity contribution in [3.8, 4) is 11.1 Å². The maximum atomic E-state index is 13.1. The van der Waals surface area contributed by atoms with Crippen LogP contribution in [0.4, 0.5) is 5.69 Å². The Morgan fingerprint density at radius 3 is 2.61 bits per heavy atom. The SMILES string of the molecule is CC.CCCN(OCC)C(=O)C1=Cc2ccc(-c3cccc(SN4CC(CN)C4)c3)cc2N=C(N)C1. The van der Waals surface area contributed by atoms with Crippen LogP contribution in [0.3, 0.4) is 0 Å². The molecule has 2 aromatic rings. The number of amidine groups is 1. The fourth-order valence-electron chi connectivity index (χ4n) is 4.08. The number of hydrogen-bond acceptors (Lipinski definition) is 7. The van der Waals surface area contributed by atoms with Gasteiger partial charge in [0.2, 0.25) is 0 Å². The molecular formula is C28H39N5O2S. The maximum Gasteiger partial charge on any atom is 0.273 e. The molecule has 2 aliphatic rings. The Morgan fingerprint density at radius 2 is 1.92 bits per heavy atom. The van der Waals surface area contributed by atoms with Crippen molar-refractivity contribution in [2.45, 2.75) is 45.4 Å². The summed E-state index contributed by atoms with van der Waals surface area (Å²) in [6, 6.07) is 14.6. The molecule has 0 aliphatic carbocycles. The molecule has 1 fully saturated rings. The third-order valence-electron chi connectivity index (χ3n) is 5.87. The average Bonchev–Trinajstić information content (AvgIpc) is 3.04. The quantitative estimate of drug-likeness (QED) is 0.354. The van der Waals surface area contributed by atoms with Crippen LogP contribution in [0.1, 0.15) is 46.1 Å². The monoisotopic (exact) mass is 509 g/mol. The van der Waals surface area contributed by atoms with Crippen molar-refractivity contribution in [1.82, 2.24) is 9.37 Å². The Morgan fingerprint density at radius 1 is 1.17 bits per heavy atom. The van der Waals surface area contributed by atoms with Crippen LogP contribution in [0.5, 0.6) is 0 Å². The van der Waals surface area contributed by atoms with E-state index in [-0.39, 0.29) is 5.91 Å². The summed E-state index contributed by atoms with van der Waals surface area (Å²) in [5.74, 6) is 0.863. The van der Waals surface area contributed by atoms with Crippen LogP contribution in [-0.2, 0) is 9.63 Å². The van der Waals surface area contributed by atoms with Crippen molar-refractivity contribution < 1.29 is 9.63 Å². The summed E-state index contributed by atoms with van der Waals surface area (Å²) in [7, 11) is 0. The number of hydrogen-bond donors (Lipinski definition) is 2. The van der Waals surface area contributed by atoms with E-state index in [9.17, 15) is 4.79 Å². The van der Waals surface area contributed by atoms with Crippen molar-refractivity contribution in [3.05, 3.63) is 53.6 Å². The van der Waals surface area contributed by atoms with Gasteiger partial charge in [-0.05, 0) is 73.2 Å². The standard InChI is InChI=1S/C26H33N5O2S.C2H6/c1-3-10-31(33-4-2)26(32)22-11-21-9-8-20(13-24(21)29-25(28)14-22)19-6-5-7-23(12-19)34-30-16-18(15-27)17-30;1-2/h5-9,11-13,18H,3-4,10,14-17,27H2,1-2H3,(H2,28,29);1-2H3. The molecule has 8 heteroatoms. The predicted molar refractivity (Wildman–Crippen MR) is 151 cm³/mol. The van der Waals surface area contributed by atoms with Gasteiger partial charge in [-0.2, -0.15) is 0 Å². The lowest BCUT2D eigenvalue weighted by molar-refractivity contribution is -0.180. The van der Waals surface area contributed by atoms with E-state index >= 15 is 0 Å². The van der Waals surface area contributed by atoms with E-state index < -0.39 is 0 Å². The number of fused-ring (bicyclic) bond motifs is 1. The molecule has 2 aromatic carbocycles. The number of nitrogens with zero attached hydrogens (tertiary/aromatic N) is 3. The zero-order chi connectivity index (χ0) is 26.1. The van der Waals surface area contributed by atoms with Crippen LogP contribution < -0.4 is 11.5 Å². The number of aliphatic imine (C=N–C) groups is 1. The highest BCUT2D eigenvalue weighted by Crippen LogP contribution is 2.35. The van der Waals surface area contributed by atoms with Crippen LogP contribution in [0, 0.1) is 5.92 Å². The van der Waals surface area contributed by atoms with Gasteiger partial charge < -0.3 is 11.5 Å². The molecule has 1 amide bonds. The molecule has 194 valence electrons. The second kappa shape index (κ2) is 13.6. The van der Waals surface area contributed by atoms with Gasteiger partial charge in [0.25, 0.3) is 5.91 Å². The third-order valence-corrected chi connectivity index (χ3v) is 6.89. The van der Waals surface area contributed by atoms with Gasteiger partial charge in [-0.15, -0.1) is 0 Å². The Bertz CT molecular complexity index is 1090. The summed E-state index contributed by atoms with van der Waals surface area (Å²) in [6.45, 7) is 11.7. The van der Waals surface area contributed by atoms with E-state index in [4.69, 9.17) is 16.3 Å². The molecule has 0 aromatic heterocycles. The largest absolute Gasteiger partial charge is 0.387 e. The Balaban J connectivity index is 0.00000176. The summed E-state index contributed by atoms with van der Waals surface area (Å²) in [5.41, 5.74) is 16.4. The minimum atomic E-state index is -0.161. The van der Waals surface area contributed by atoms with E-state index in [0.717, 1.165) is 48.4 Å². The molecule has 4 N–H and O–H groups in total. The number of hydroxylamine groups is 2. The zero-order valence-electron chi connectivity index (χ0n) is 21.9. The summed E-state index contributed by atoms with van der Waals surface area (Å²) in [4.78, 5) is 24.5. The first-order valence-electron chi connectivity index (χ1n) is 12.9. The lowest BCUT2D eigenvalue weighted by atomic mass is 10.0. The van der Waals surface area contributed by atoms with Crippen LogP contribution in [0.15, 0.2) is 57.9 Å². The van der Waals surface area contributed by atoms with Crippen LogP contribution in [-0.4, -0.2) is 53.9 Å². The van der Waals surface area contributed by atoms with E-state index in [1.807, 2.05) is 45.9 Å². The second-order valence-electron chi connectivity index (χ2n) is 8.62. The van der Waals surface area contributed by atoms with Crippen molar-refractivity contribution >= 4 is 35.5 Å². The molecule has 0 bridgehead atoms. The number of carbonyl (C=O) groups is 1. The molecule has 0 radical (unpaired) electrons. The highest BCUT2D eigenvalue weighted by Gasteiger charge is 2.26. The lowest BCUT2D eigenvalue weighted by Crippen LogP contribution is -2.45. The maximum absolute atomic E-state index is 13.1. The number of carbonyl (C=O) groups excluding carboxylic acids is 1. The van der Waals surface area contributed by atoms with E-state index in [0.29, 0.717) is 36.9 Å². The van der Waals surface area contributed by atoms with E-state index in [1.54, 1.807) is 11.9 Å². The van der Waals surface area contributed by atoms with Crippen molar-refractivity contribution in [1.29, 1.82) is 0 Å². The summed E-state index contributed by atoms with van der Waals surface area (Å²) in [6.07, 6.45) is 2.99. The van der Waals surface area contributed by atoms with Crippen molar-refractivity contribution in [2.24, 2.45) is 22.4 Å². The first-order chi connectivity index (χ1) is 17.5. The van der Waals surface area contributed by atoms with Gasteiger partial charge in [0, 0.05) is 42.1 Å². The first kappa shape index (κ1) is 27.9. The summed E-state index contributed by atoms with van der Waals surface area (Å²) >= 11 is 1.77. The number of nitrogens with two attached hydrogens (primary N) is 2. The lowest BCUT2D eigenvalue weighted by Gasteiger charge is -2.37. The van der Waals surface area contributed by atoms with Gasteiger partial charge in [-0.3, -0.25) is 9.63 Å². The topological polar surface area (TPSA) is 97.2 Å². The van der Waals surface area contributed by atoms with Gasteiger partial charge >= 0.3 is 0 Å². The fraction of sp³-hybridized carbons (Fsp3) is 0.429. The van der Waals surface area contributed by atoms with Crippen molar-refractivity contribution in [2.75, 3.05) is 32.8 Å². The smallest absolute Gasteiger partial charge is 0.273 e. The average molecular weight is 510 g/mol. The molecule has 2 heterocycles. The van der Waals surface area contributed by atoms with Gasteiger partial charge in [0.15, 0.2) is 0 Å². The molecule has 0 unspecified atom stereocenters. The Kier molecular flexibility index (Phi) is 10.6. The first-order valence-corrected chi connectivity index (χ1v) is 13.6. The van der Waals surface area contributed by atoms with Gasteiger partial charge in [-0.25, -0.2) is 14.4 Å². The van der Waals surface area contributed by atoms with Gasteiger partial charge in [0.1, 0.15) is 5.84 Å². The molecule has 0 saturated carbocycles. The summed E-state index contributed by atoms with van der Waals surface area (Å²) < 4.78 is 2.34. The molecule has 2 aliphatic heterocycles. The molecule has 0 spiro atoms. The second-order valence-corrected chi connectivity index (χ2v) is 9.79. The minimum absolute atomic E-state index is 0.161. The number of benzene rings is 2. The third kappa shape index (κ3) is 6.97. The predicted octanol–water partition coefficient (Wildman–Crippen LogP) is 5.24. The fourth-order valence-corrected chi connectivity index (χ4v) is 5.27. The normalized spacial score (nSPS) is 15.5. The molecule has 7 nitrogen and oxygen atoms in total. The molecule has 36 heavy (non-hydrogen) atoms. The van der Waals surface area contributed by atoms with Crippen LogP contribution in [0.2, 0.25) is 0 Å². The van der Waals surface area contributed by atoms with Crippen LogP contribution in [0.25, 0.3) is 17.2 Å². The highest BCUT2D eigenvalue weighted by atomic mass is 32.2. The minimum Gasteiger partial charge on any atom is -0.387 e. The van der Waals surface area contributed by atoms with Gasteiger partial charge in [-0.1, -0.05) is 45.0 Å². The van der Waals surface area contributed by atoms with E-state index in [2.05, 4.69) is 39.6 Å². The van der Waals surface area contributed by atoms with Gasteiger partial charge in [0.05, 0.1) is 12.3 Å². The number of rotatable bonds is 9. The van der Waals surface area contributed by atoms with Crippen LogP contribution >= 0.6 is 11.9 Å². The Labute approximate surface area is 219 Å². The molecule has 0 atom stereocenters. The van der Waals surface area contributed by atoms with E-state index in [1.165, 1.54) is 9.96 Å². The Hall–Kier alpha value is -2.65. The highest BCUT2D eigenvalue weighted by molar-refractivity contribution is 7.97. The molecule has 1 saturated heterocycles. The molecular weight excluding hydrogens is 470 g/mol. The van der Waals surface area contributed by atoms with Crippen molar-refractivity contribution in [3.63, 3.8) is 0 Å².